The highest BCUT2D eigenvalue weighted by atomic mass is 35.5. The topological polar surface area (TPSA) is 55.1 Å². The summed E-state index contributed by atoms with van der Waals surface area (Å²) in [6.45, 7) is 1.16. The molecule has 0 aromatic heterocycles. The lowest BCUT2D eigenvalue weighted by atomic mass is 10.1. The van der Waals surface area contributed by atoms with E-state index in [1.54, 1.807) is 12.1 Å². The van der Waals surface area contributed by atoms with Gasteiger partial charge in [-0.3, -0.25) is 4.79 Å². The first-order valence-electron chi connectivity index (χ1n) is 4.32. The Morgan fingerprint density at radius 3 is 2.47 bits per heavy atom. The van der Waals surface area contributed by atoms with Gasteiger partial charge in [-0.1, -0.05) is 17.7 Å². The number of hydrogen-bond donors (Lipinski definition) is 2. The second kappa shape index (κ2) is 6.37. The van der Waals surface area contributed by atoms with Crippen LogP contribution in [0.15, 0.2) is 24.3 Å². The van der Waals surface area contributed by atoms with Crippen LogP contribution in [0.2, 0.25) is 0 Å². The van der Waals surface area contributed by atoms with Crippen molar-refractivity contribution >= 4 is 18.3 Å². The van der Waals surface area contributed by atoms with E-state index in [0.717, 1.165) is 5.56 Å². The third kappa shape index (κ3) is 4.27. The number of alkyl halides is 1. The number of nitrogens with one attached hydrogen (secondary N) is 1. The van der Waals surface area contributed by atoms with E-state index in [-0.39, 0.29) is 18.3 Å². The molecular weight excluding hydrogens is 219 g/mol. The van der Waals surface area contributed by atoms with Gasteiger partial charge in [0.25, 0.3) is 5.91 Å². The minimum absolute atomic E-state index is 0. The van der Waals surface area contributed by atoms with Crippen molar-refractivity contribution in [1.29, 1.82) is 0 Å². The van der Waals surface area contributed by atoms with E-state index in [1.165, 1.54) is 0 Å². The van der Waals surface area contributed by atoms with Gasteiger partial charge in [0.1, 0.15) is 12.8 Å². The summed E-state index contributed by atoms with van der Waals surface area (Å²) >= 11 is 0. The first kappa shape index (κ1) is 13.9. The van der Waals surface area contributed by atoms with E-state index >= 15 is 0 Å². The maximum absolute atomic E-state index is 12.0. The van der Waals surface area contributed by atoms with Crippen LogP contribution in [0.3, 0.4) is 0 Å². The van der Waals surface area contributed by atoms with Gasteiger partial charge in [-0.15, -0.1) is 12.4 Å². The number of carbonyl (C=O) groups is 1. The van der Waals surface area contributed by atoms with Gasteiger partial charge >= 0.3 is 0 Å². The highest BCUT2D eigenvalue weighted by molar-refractivity contribution is 5.94. The summed E-state index contributed by atoms with van der Waals surface area (Å²) < 4.78 is 12.0. The SMILES string of the molecule is Cc1ccc(C(=O)NC(N)CF)cc1.Cl. The molecule has 15 heavy (non-hydrogen) atoms. The van der Waals surface area contributed by atoms with E-state index in [1.807, 2.05) is 19.1 Å². The molecule has 5 heteroatoms. The van der Waals surface area contributed by atoms with Gasteiger partial charge in [0.2, 0.25) is 0 Å². The van der Waals surface area contributed by atoms with Gasteiger partial charge in [0.05, 0.1) is 0 Å². The summed E-state index contributed by atoms with van der Waals surface area (Å²) in [5, 5.41) is 2.33. The standard InChI is InChI=1S/C10H13FN2O.ClH/c1-7-2-4-8(5-3-7)10(14)13-9(12)6-11;/h2-5,9H,6,12H2,1H3,(H,13,14);1H. The highest BCUT2D eigenvalue weighted by Gasteiger charge is 2.08. The molecule has 0 aliphatic carbocycles. The molecule has 1 unspecified atom stereocenters. The number of halogens is 2. The lowest BCUT2D eigenvalue weighted by molar-refractivity contribution is 0.0931. The minimum atomic E-state index is -0.927. The summed E-state index contributed by atoms with van der Waals surface area (Å²) in [5.41, 5.74) is 6.79. The molecule has 0 spiro atoms. The molecule has 0 heterocycles. The number of nitrogens with two attached hydrogens (primary N) is 1. The van der Waals surface area contributed by atoms with Crippen LogP contribution in [-0.2, 0) is 0 Å². The maximum atomic E-state index is 12.0. The summed E-state index contributed by atoms with van der Waals surface area (Å²) in [7, 11) is 0. The molecule has 0 saturated carbocycles. The molecule has 0 aliphatic rings. The normalized spacial score (nSPS) is 11.4. The molecule has 1 aromatic rings. The molecule has 3 nitrogen and oxygen atoms in total. The van der Waals surface area contributed by atoms with Crippen LogP contribution in [0.1, 0.15) is 15.9 Å². The van der Waals surface area contributed by atoms with Crippen LogP contribution in [-0.4, -0.2) is 18.7 Å². The predicted molar refractivity (Wildman–Crippen MR) is 59.8 cm³/mol. The van der Waals surface area contributed by atoms with Crippen molar-refractivity contribution in [2.24, 2.45) is 5.73 Å². The van der Waals surface area contributed by atoms with Crippen LogP contribution >= 0.6 is 12.4 Å². The summed E-state index contributed by atoms with van der Waals surface area (Å²) in [4.78, 5) is 11.4. The van der Waals surface area contributed by atoms with Gasteiger partial charge in [0, 0.05) is 5.56 Å². The van der Waals surface area contributed by atoms with E-state index in [4.69, 9.17) is 5.73 Å². The molecule has 0 bridgehead atoms. The van der Waals surface area contributed by atoms with E-state index < -0.39 is 12.8 Å². The largest absolute Gasteiger partial charge is 0.334 e. The molecular formula is C10H14ClFN2O. The van der Waals surface area contributed by atoms with Crippen molar-refractivity contribution in [3.8, 4) is 0 Å². The Morgan fingerprint density at radius 2 is 2.00 bits per heavy atom. The third-order valence-corrected chi connectivity index (χ3v) is 1.80. The molecule has 1 rings (SSSR count). The Balaban J connectivity index is 0.00000196. The van der Waals surface area contributed by atoms with Crippen LogP contribution in [0.25, 0.3) is 0 Å². The second-order valence-electron chi connectivity index (χ2n) is 3.10. The van der Waals surface area contributed by atoms with Crippen molar-refractivity contribution in [3.05, 3.63) is 35.4 Å². The van der Waals surface area contributed by atoms with E-state index in [9.17, 15) is 9.18 Å². The fourth-order valence-electron chi connectivity index (χ4n) is 0.995. The number of aryl methyl sites for hydroxylation is 1. The van der Waals surface area contributed by atoms with Crippen molar-refractivity contribution in [3.63, 3.8) is 0 Å². The zero-order valence-electron chi connectivity index (χ0n) is 8.37. The molecule has 3 N–H and O–H groups in total. The molecule has 0 radical (unpaired) electrons. The van der Waals surface area contributed by atoms with Gasteiger partial charge in [-0.05, 0) is 19.1 Å². The van der Waals surface area contributed by atoms with Crippen LogP contribution in [0.4, 0.5) is 4.39 Å². The predicted octanol–water partition coefficient (Wildman–Crippen LogP) is 1.40. The van der Waals surface area contributed by atoms with Crippen LogP contribution < -0.4 is 11.1 Å². The summed E-state index contributed by atoms with van der Waals surface area (Å²) in [6.07, 6.45) is -0.927. The Kier molecular flexibility index (Phi) is 5.89. The lowest BCUT2D eigenvalue weighted by Gasteiger charge is -2.09. The van der Waals surface area contributed by atoms with Gasteiger partial charge < -0.3 is 11.1 Å². The van der Waals surface area contributed by atoms with Crippen molar-refractivity contribution in [2.75, 3.05) is 6.67 Å². The fourth-order valence-corrected chi connectivity index (χ4v) is 0.995. The van der Waals surface area contributed by atoms with Gasteiger partial charge in [-0.25, -0.2) is 4.39 Å². The summed E-state index contributed by atoms with van der Waals surface area (Å²) in [6, 6.07) is 6.98. The first-order valence-corrected chi connectivity index (χ1v) is 4.32. The number of benzene rings is 1. The van der Waals surface area contributed by atoms with Gasteiger partial charge in [-0.2, -0.15) is 0 Å². The average molecular weight is 233 g/mol. The smallest absolute Gasteiger partial charge is 0.252 e. The molecule has 1 atom stereocenters. The Labute approximate surface area is 94.3 Å². The number of hydrogen-bond acceptors (Lipinski definition) is 2. The Hall–Kier alpha value is -1.13. The second-order valence-corrected chi connectivity index (χ2v) is 3.10. The summed E-state index contributed by atoms with van der Waals surface area (Å²) in [5.74, 6) is -0.352. The number of rotatable bonds is 3. The molecule has 0 fully saturated rings. The van der Waals surface area contributed by atoms with Crippen LogP contribution in [0.5, 0.6) is 0 Å². The molecule has 0 aliphatic heterocycles. The minimum Gasteiger partial charge on any atom is -0.334 e. The Bertz CT molecular complexity index is 316. The third-order valence-electron chi connectivity index (χ3n) is 1.80. The average Bonchev–Trinajstić information content (AvgIpc) is 2.18. The molecule has 1 amide bonds. The zero-order chi connectivity index (χ0) is 10.6. The number of carbonyl (C=O) groups excluding carboxylic acids is 1. The Morgan fingerprint density at radius 1 is 1.47 bits per heavy atom. The van der Waals surface area contributed by atoms with Crippen molar-refractivity contribution in [1.82, 2.24) is 5.32 Å². The van der Waals surface area contributed by atoms with Gasteiger partial charge in [0.15, 0.2) is 0 Å². The fraction of sp³-hybridized carbons (Fsp3) is 0.300. The van der Waals surface area contributed by atoms with Crippen molar-refractivity contribution < 1.29 is 9.18 Å². The first-order chi connectivity index (χ1) is 6.63. The molecule has 84 valence electrons. The maximum Gasteiger partial charge on any atom is 0.252 e. The lowest BCUT2D eigenvalue weighted by Crippen LogP contribution is -2.43. The van der Waals surface area contributed by atoms with Crippen LogP contribution in [0, 0.1) is 6.92 Å². The quantitative estimate of drug-likeness (QED) is 0.774. The zero-order valence-corrected chi connectivity index (χ0v) is 9.18. The highest BCUT2D eigenvalue weighted by Crippen LogP contribution is 2.02. The monoisotopic (exact) mass is 232 g/mol. The number of amides is 1. The van der Waals surface area contributed by atoms with Crippen molar-refractivity contribution in [2.45, 2.75) is 13.1 Å². The van der Waals surface area contributed by atoms with E-state index in [0.29, 0.717) is 5.56 Å². The molecule has 0 saturated heterocycles. The van der Waals surface area contributed by atoms with E-state index in [2.05, 4.69) is 5.32 Å². The molecule has 1 aromatic carbocycles.